The van der Waals surface area contributed by atoms with Crippen LogP contribution in [0, 0.1) is 17.1 Å². The van der Waals surface area contributed by atoms with E-state index in [-0.39, 0.29) is 11.9 Å². The van der Waals surface area contributed by atoms with Gasteiger partial charge in [-0.05, 0) is 44.0 Å². The molecule has 5 nitrogen and oxygen atoms in total. The molecule has 1 atom stereocenters. The van der Waals surface area contributed by atoms with Gasteiger partial charge in [-0.3, -0.25) is 4.90 Å². The molecule has 1 aliphatic rings. The van der Waals surface area contributed by atoms with Gasteiger partial charge in [0.1, 0.15) is 5.82 Å². The Bertz CT molecular complexity index is 685. The van der Waals surface area contributed by atoms with Crippen molar-refractivity contribution in [2.75, 3.05) is 19.3 Å². The summed E-state index contributed by atoms with van der Waals surface area (Å²) in [7, 11) is -3.18. The molecule has 0 bridgehead atoms. The van der Waals surface area contributed by atoms with Crippen molar-refractivity contribution in [3.8, 4) is 6.07 Å². The van der Waals surface area contributed by atoms with Crippen molar-refractivity contribution < 1.29 is 12.8 Å². The fraction of sp³-hybridized carbons (Fsp3) is 0.562. The van der Waals surface area contributed by atoms with E-state index in [0.717, 1.165) is 32.1 Å². The molecule has 7 heteroatoms. The fourth-order valence-electron chi connectivity index (χ4n) is 2.99. The first-order chi connectivity index (χ1) is 10.9. The minimum absolute atomic E-state index is 0.225. The van der Waals surface area contributed by atoms with Crippen LogP contribution in [0.5, 0.6) is 0 Å². The molecule has 1 aromatic rings. The maximum atomic E-state index is 14.0. The van der Waals surface area contributed by atoms with E-state index in [1.54, 1.807) is 6.07 Å². The monoisotopic (exact) mass is 339 g/mol. The molecule has 0 spiro atoms. The van der Waals surface area contributed by atoms with Gasteiger partial charge in [-0.1, -0.05) is 6.42 Å². The predicted octanol–water partition coefficient (Wildman–Crippen LogP) is 1.99. The van der Waals surface area contributed by atoms with E-state index in [4.69, 9.17) is 5.26 Å². The van der Waals surface area contributed by atoms with Crippen LogP contribution in [0.3, 0.4) is 0 Å². The topological polar surface area (TPSA) is 73.2 Å². The third kappa shape index (κ3) is 5.57. The number of piperidine rings is 1. The summed E-state index contributed by atoms with van der Waals surface area (Å²) in [6.45, 7) is 1.70. The number of nitrogens with zero attached hydrogens (tertiary/aromatic N) is 2. The third-order valence-corrected chi connectivity index (χ3v) is 4.87. The highest BCUT2D eigenvalue weighted by atomic mass is 32.2. The first-order valence-electron chi connectivity index (χ1n) is 7.76. The molecule has 1 saturated heterocycles. The molecule has 1 heterocycles. The van der Waals surface area contributed by atoms with Crippen molar-refractivity contribution in [2.24, 2.45) is 0 Å². The molecule has 1 aliphatic heterocycles. The number of nitrogens with one attached hydrogen (secondary N) is 1. The van der Waals surface area contributed by atoms with Crippen LogP contribution < -0.4 is 4.72 Å². The van der Waals surface area contributed by atoms with Crippen molar-refractivity contribution in [3.63, 3.8) is 0 Å². The molecule has 0 saturated carbocycles. The average Bonchev–Trinajstić information content (AvgIpc) is 2.50. The van der Waals surface area contributed by atoms with Crippen LogP contribution in [0.2, 0.25) is 0 Å². The lowest BCUT2D eigenvalue weighted by Gasteiger charge is -2.36. The Kier molecular flexibility index (Phi) is 6.10. The van der Waals surface area contributed by atoms with Gasteiger partial charge in [0.25, 0.3) is 0 Å². The zero-order valence-corrected chi connectivity index (χ0v) is 14.1. The van der Waals surface area contributed by atoms with Gasteiger partial charge in [-0.15, -0.1) is 0 Å². The van der Waals surface area contributed by atoms with Crippen molar-refractivity contribution in [1.29, 1.82) is 5.26 Å². The first kappa shape index (κ1) is 17.9. The summed E-state index contributed by atoms with van der Waals surface area (Å²) in [5.74, 6) is -0.303. The Morgan fingerprint density at radius 3 is 2.91 bits per heavy atom. The molecule has 0 radical (unpaired) electrons. The van der Waals surface area contributed by atoms with Crippen LogP contribution in [0.15, 0.2) is 18.2 Å². The van der Waals surface area contributed by atoms with E-state index >= 15 is 0 Å². The predicted molar refractivity (Wildman–Crippen MR) is 86.6 cm³/mol. The Hall–Kier alpha value is -1.49. The van der Waals surface area contributed by atoms with E-state index in [2.05, 4.69) is 9.62 Å². The Morgan fingerprint density at radius 2 is 2.22 bits per heavy atom. The van der Waals surface area contributed by atoms with E-state index in [0.29, 0.717) is 30.6 Å². The highest BCUT2D eigenvalue weighted by Gasteiger charge is 2.23. The largest absolute Gasteiger partial charge is 0.296 e. The number of nitriles is 1. The summed E-state index contributed by atoms with van der Waals surface area (Å²) in [6.07, 6.45) is 4.97. The quantitative estimate of drug-likeness (QED) is 0.860. The lowest BCUT2D eigenvalue weighted by atomic mass is 9.98. The van der Waals surface area contributed by atoms with Crippen molar-refractivity contribution in [2.45, 2.75) is 38.3 Å². The van der Waals surface area contributed by atoms with Gasteiger partial charge >= 0.3 is 0 Å². The average molecular weight is 339 g/mol. The number of halogens is 1. The molecule has 1 fully saturated rings. The van der Waals surface area contributed by atoms with Gasteiger partial charge in [0.2, 0.25) is 10.0 Å². The summed E-state index contributed by atoms with van der Waals surface area (Å²) >= 11 is 0. The Labute approximate surface area is 137 Å². The standard InChI is InChI=1S/C16H22FN3O2S/c1-23(21,22)19-8-7-15-4-2-3-9-20(15)12-14-10-13(11-18)5-6-16(14)17/h5-6,10,15,19H,2-4,7-9,12H2,1H3/t15-/m0/s1. The normalized spacial score (nSPS) is 19.4. The van der Waals surface area contributed by atoms with Crippen LogP contribution in [0.4, 0.5) is 4.39 Å². The number of hydrogen-bond acceptors (Lipinski definition) is 4. The van der Waals surface area contributed by atoms with Crippen molar-refractivity contribution >= 4 is 10.0 Å². The van der Waals surface area contributed by atoms with E-state index in [9.17, 15) is 12.8 Å². The first-order valence-corrected chi connectivity index (χ1v) is 9.65. The summed E-state index contributed by atoms with van der Waals surface area (Å²) in [6, 6.07) is 6.66. The van der Waals surface area contributed by atoms with Gasteiger partial charge in [0.05, 0.1) is 17.9 Å². The third-order valence-electron chi connectivity index (χ3n) is 4.14. The van der Waals surface area contributed by atoms with Crippen LogP contribution >= 0.6 is 0 Å². The highest BCUT2D eigenvalue weighted by molar-refractivity contribution is 7.88. The maximum Gasteiger partial charge on any atom is 0.208 e. The molecular weight excluding hydrogens is 317 g/mol. The van der Waals surface area contributed by atoms with Gasteiger partial charge in [0.15, 0.2) is 0 Å². The minimum atomic E-state index is -3.18. The van der Waals surface area contributed by atoms with Crippen molar-refractivity contribution in [3.05, 3.63) is 35.1 Å². The zero-order valence-electron chi connectivity index (χ0n) is 13.3. The molecule has 126 valence electrons. The maximum absolute atomic E-state index is 14.0. The summed E-state index contributed by atoms with van der Waals surface area (Å²) in [4.78, 5) is 2.19. The Morgan fingerprint density at radius 1 is 1.43 bits per heavy atom. The lowest BCUT2D eigenvalue weighted by molar-refractivity contribution is 0.132. The second kappa shape index (κ2) is 7.86. The SMILES string of the molecule is CS(=O)(=O)NCC[C@@H]1CCCCN1Cc1cc(C#N)ccc1F. The second-order valence-corrected chi connectivity index (χ2v) is 7.83. The smallest absolute Gasteiger partial charge is 0.208 e. The molecule has 0 aromatic heterocycles. The van der Waals surface area contributed by atoms with Crippen LogP contribution in [0.25, 0.3) is 0 Å². The highest BCUT2D eigenvalue weighted by Crippen LogP contribution is 2.23. The zero-order chi connectivity index (χ0) is 16.9. The summed E-state index contributed by atoms with van der Waals surface area (Å²) in [5.41, 5.74) is 0.973. The van der Waals surface area contributed by atoms with Crippen molar-refractivity contribution in [1.82, 2.24) is 9.62 Å². The lowest BCUT2D eigenvalue weighted by Crippen LogP contribution is -2.41. The van der Waals surface area contributed by atoms with Gasteiger partial charge in [-0.25, -0.2) is 17.5 Å². The summed E-state index contributed by atoms with van der Waals surface area (Å²) < 4.78 is 38.8. The number of benzene rings is 1. The number of likely N-dealkylation sites (tertiary alicyclic amines) is 1. The van der Waals surface area contributed by atoms with Gasteiger partial charge in [0, 0.05) is 24.7 Å². The molecule has 0 unspecified atom stereocenters. The molecule has 0 aliphatic carbocycles. The van der Waals surface area contributed by atoms with Gasteiger partial charge < -0.3 is 0 Å². The van der Waals surface area contributed by atoms with E-state index in [1.807, 2.05) is 6.07 Å². The fourth-order valence-corrected chi connectivity index (χ4v) is 3.48. The Balaban J connectivity index is 2.02. The molecular formula is C16H22FN3O2S. The number of sulfonamides is 1. The van der Waals surface area contributed by atoms with Crippen LogP contribution in [-0.4, -0.2) is 38.7 Å². The molecule has 2 rings (SSSR count). The second-order valence-electron chi connectivity index (χ2n) is 5.99. The van der Waals surface area contributed by atoms with E-state index < -0.39 is 10.0 Å². The van der Waals surface area contributed by atoms with Gasteiger partial charge in [-0.2, -0.15) is 5.26 Å². The molecule has 0 amide bonds. The molecule has 23 heavy (non-hydrogen) atoms. The number of rotatable bonds is 6. The minimum Gasteiger partial charge on any atom is -0.296 e. The van der Waals surface area contributed by atoms with Crippen LogP contribution in [0.1, 0.15) is 36.8 Å². The van der Waals surface area contributed by atoms with E-state index in [1.165, 1.54) is 12.1 Å². The molecule has 1 aromatic carbocycles. The number of hydrogen-bond donors (Lipinski definition) is 1. The summed E-state index contributed by atoms with van der Waals surface area (Å²) in [5, 5.41) is 8.95. The molecule has 1 N–H and O–H groups in total. The van der Waals surface area contributed by atoms with Crippen LogP contribution in [-0.2, 0) is 16.6 Å².